The Morgan fingerprint density at radius 3 is 1.02 bits per heavy atom. The maximum atomic E-state index is 12.5. The minimum atomic E-state index is -0.495. The molecule has 0 heterocycles. The fourth-order valence-electron chi connectivity index (χ4n) is 4.96. The van der Waals surface area contributed by atoms with E-state index in [1.54, 1.807) is 97.1 Å². The Bertz CT molecular complexity index is 1580. The molecule has 0 amide bonds. The lowest BCUT2D eigenvalue weighted by Gasteiger charge is -2.08. The molecule has 0 aliphatic rings. The molecule has 0 aliphatic carbocycles. The van der Waals surface area contributed by atoms with Gasteiger partial charge in [0.25, 0.3) is 0 Å². The van der Waals surface area contributed by atoms with Gasteiger partial charge in [0.2, 0.25) is 0 Å². The molecule has 0 unspecified atom stereocenters. The Hall–Kier alpha value is -5.64. The van der Waals surface area contributed by atoms with E-state index in [0.717, 1.165) is 44.9 Å². The second-order valence-electron chi connectivity index (χ2n) is 12.4. The molecule has 53 heavy (non-hydrogen) atoms. The molecule has 4 aromatic rings. The number of unbranched alkanes of at least 4 members (excludes halogenated alkanes) is 6. The van der Waals surface area contributed by atoms with E-state index < -0.39 is 11.9 Å². The van der Waals surface area contributed by atoms with Crippen molar-refractivity contribution in [2.45, 2.75) is 84.5 Å². The Morgan fingerprint density at radius 1 is 0.377 bits per heavy atom. The normalized spacial score (nSPS) is 10.6. The first-order valence-corrected chi connectivity index (χ1v) is 18.3. The monoisotopic (exact) mass is 724 g/mol. The van der Waals surface area contributed by atoms with Gasteiger partial charge in [0.1, 0.15) is 34.5 Å². The van der Waals surface area contributed by atoms with E-state index in [2.05, 4.69) is 13.8 Å². The Labute approximate surface area is 311 Å². The van der Waals surface area contributed by atoms with E-state index in [0.29, 0.717) is 71.7 Å². The van der Waals surface area contributed by atoms with E-state index in [-0.39, 0.29) is 24.8 Å². The number of hydrogen-bond donors (Lipinski definition) is 0. The second kappa shape index (κ2) is 22.3. The molecule has 0 fully saturated rings. The summed E-state index contributed by atoms with van der Waals surface area (Å²) >= 11 is 0. The smallest absolute Gasteiger partial charge is 0.343 e. The van der Waals surface area contributed by atoms with Crippen molar-refractivity contribution < 1.29 is 47.6 Å². The quantitative estimate of drug-likeness (QED) is 0.0440. The van der Waals surface area contributed by atoms with E-state index in [1.807, 2.05) is 0 Å². The molecule has 4 rings (SSSR count). The van der Waals surface area contributed by atoms with Crippen molar-refractivity contribution in [2.24, 2.45) is 0 Å². The summed E-state index contributed by atoms with van der Waals surface area (Å²) in [5.41, 5.74) is 0.804. The lowest BCUT2D eigenvalue weighted by atomic mass is 10.1. The van der Waals surface area contributed by atoms with Gasteiger partial charge in [-0.25, -0.2) is 9.59 Å². The van der Waals surface area contributed by atoms with Crippen molar-refractivity contribution in [2.75, 3.05) is 13.2 Å². The summed E-state index contributed by atoms with van der Waals surface area (Å²) < 4.78 is 32.9. The fraction of sp³-hybridized carbons (Fsp3) is 0.349. The molecule has 10 nitrogen and oxygen atoms in total. The first-order valence-electron chi connectivity index (χ1n) is 18.3. The van der Waals surface area contributed by atoms with Crippen LogP contribution in [0.5, 0.6) is 34.5 Å². The summed E-state index contributed by atoms with van der Waals surface area (Å²) in [6.45, 7) is 5.45. The summed E-state index contributed by atoms with van der Waals surface area (Å²) in [5.74, 6) is 1.14. The molecule has 0 spiro atoms. The van der Waals surface area contributed by atoms with Gasteiger partial charge in [-0.2, -0.15) is 0 Å². The van der Waals surface area contributed by atoms with E-state index >= 15 is 0 Å². The van der Waals surface area contributed by atoms with Crippen LogP contribution in [0.15, 0.2) is 97.1 Å². The SMILES string of the molecule is CCCCOc1ccc(C(=O)Oc2ccc(OC(=O)CCCCCCCC(=O)Oc3ccc(OC(=O)c4ccc(OCCCC)cc4)cc3)cc2)cc1. The van der Waals surface area contributed by atoms with Gasteiger partial charge in [0.05, 0.1) is 24.3 Å². The van der Waals surface area contributed by atoms with Gasteiger partial charge in [-0.1, -0.05) is 46.0 Å². The van der Waals surface area contributed by atoms with Gasteiger partial charge in [-0.05, 0) is 123 Å². The lowest BCUT2D eigenvalue weighted by molar-refractivity contribution is -0.135. The van der Waals surface area contributed by atoms with Crippen LogP contribution in [0.3, 0.4) is 0 Å². The summed E-state index contributed by atoms with van der Waals surface area (Å²) in [6.07, 6.45) is 8.39. The number of esters is 4. The maximum Gasteiger partial charge on any atom is 0.343 e. The Morgan fingerprint density at radius 2 is 0.679 bits per heavy atom. The van der Waals surface area contributed by atoms with Crippen LogP contribution in [-0.2, 0) is 9.59 Å². The number of rotatable bonds is 22. The molecule has 0 N–H and O–H groups in total. The van der Waals surface area contributed by atoms with Gasteiger partial charge in [-0.15, -0.1) is 0 Å². The standard InChI is InChI=1S/C43H48O10/c1-3-5-30-48-34-18-14-32(15-19-34)42(46)52-38-26-22-36(23-27-38)50-40(44)12-10-8-7-9-11-13-41(45)51-37-24-28-39(29-25-37)53-43(47)33-16-20-35(21-17-33)49-31-6-4-2/h14-29H,3-13,30-31H2,1-2H3. The van der Waals surface area contributed by atoms with Crippen LogP contribution >= 0.6 is 0 Å². The Balaban J connectivity index is 1.04. The molecule has 4 aromatic carbocycles. The highest BCUT2D eigenvalue weighted by molar-refractivity contribution is 5.91. The summed E-state index contributed by atoms with van der Waals surface area (Å²) in [7, 11) is 0. The average molecular weight is 725 g/mol. The van der Waals surface area contributed by atoms with Crippen molar-refractivity contribution in [3.8, 4) is 34.5 Å². The lowest BCUT2D eigenvalue weighted by Crippen LogP contribution is -2.09. The van der Waals surface area contributed by atoms with Crippen molar-refractivity contribution in [3.63, 3.8) is 0 Å². The number of benzene rings is 4. The topological polar surface area (TPSA) is 124 Å². The van der Waals surface area contributed by atoms with Crippen molar-refractivity contribution in [1.29, 1.82) is 0 Å². The van der Waals surface area contributed by atoms with Crippen LogP contribution in [0.4, 0.5) is 0 Å². The van der Waals surface area contributed by atoms with Crippen LogP contribution < -0.4 is 28.4 Å². The minimum Gasteiger partial charge on any atom is -0.494 e. The van der Waals surface area contributed by atoms with Gasteiger partial charge < -0.3 is 28.4 Å². The zero-order valence-electron chi connectivity index (χ0n) is 30.5. The number of carbonyl (C=O) groups excluding carboxylic acids is 4. The largest absolute Gasteiger partial charge is 0.494 e. The predicted molar refractivity (Wildman–Crippen MR) is 200 cm³/mol. The molecule has 0 saturated heterocycles. The van der Waals surface area contributed by atoms with E-state index in [9.17, 15) is 19.2 Å². The number of ether oxygens (including phenoxy) is 6. The molecule has 10 heteroatoms. The second-order valence-corrected chi connectivity index (χ2v) is 12.4. The van der Waals surface area contributed by atoms with Crippen LogP contribution in [-0.4, -0.2) is 37.1 Å². The molecule has 280 valence electrons. The van der Waals surface area contributed by atoms with Gasteiger partial charge in [-0.3, -0.25) is 9.59 Å². The molecule has 0 aromatic heterocycles. The predicted octanol–water partition coefficient (Wildman–Crippen LogP) is 9.72. The third kappa shape index (κ3) is 14.9. The van der Waals surface area contributed by atoms with E-state index in [1.165, 1.54) is 0 Å². The van der Waals surface area contributed by atoms with Gasteiger partial charge >= 0.3 is 23.9 Å². The van der Waals surface area contributed by atoms with Crippen molar-refractivity contribution in [1.82, 2.24) is 0 Å². The third-order valence-electron chi connectivity index (χ3n) is 8.01. The highest BCUT2D eigenvalue weighted by Crippen LogP contribution is 2.22. The third-order valence-corrected chi connectivity index (χ3v) is 8.01. The molecule has 0 aliphatic heterocycles. The molecular formula is C43H48O10. The van der Waals surface area contributed by atoms with E-state index in [4.69, 9.17) is 28.4 Å². The molecule has 0 atom stereocenters. The average Bonchev–Trinajstić information content (AvgIpc) is 3.16. The molecule has 0 radical (unpaired) electrons. The summed E-state index contributed by atoms with van der Waals surface area (Å²) in [5, 5.41) is 0. The number of carbonyl (C=O) groups is 4. The highest BCUT2D eigenvalue weighted by atomic mass is 16.5. The summed E-state index contributed by atoms with van der Waals surface area (Å²) in [6, 6.07) is 26.2. The highest BCUT2D eigenvalue weighted by Gasteiger charge is 2.12. The molecule has 0 saturated carbocycles. The van der Waals surface area contributed by atoms with Crippen molar-refractivity contribution >= 4 is 23.9 Å². The maximum absolute atomic E-state index is 12.5. The van der Waals surface area contributed by atoms with Crippen LogP contribution in [0.2, 0.25) is 0 Å². The van der Waals surface area contributed by atoms with Crippen molar-refractivity contribution in [3.05, 3.63) is 108 Å². The first-order chi connectivity index (χ1) is 25.8. The minimum absolute atomic E-state index is 0.266. The fourth-order valence-corrected chi connectivity index (χ4v) is 4.96. The summed E-state index contributed by atoms with van der Waals surface area (Å²) in [4.78, 5) is 49.6. The van der Waals surface area contributed by atoms with Crippen LogP contribution in [0.25, 0.3) is 0 Å². The Kier molecular flexibility index (Phi) is 16.9. The van der Waals surface area contributed by atoms with Gasteiger partial charge in [0.15, 0.2) is 0 Å². The number of hydrogen-bond acceptors (Lipinski definition) is 10. The zero-order chi connectivity index (χ0) is 37.7. The van der Waals surface area contributed by atoms with Gasteiger partial charge in [0, 0.05) is 12.8 Å². The zero-order valence-corrected chi connectivity index (χ0v) is 30.5. The molecular weight excluding hydrogens is 676 g/mol. The first kappa shape index (κ1) is 40.1. The van der Waals surface area contributed by atoms with Crippen LogP contribution in [0, 0.1) is 0 Å². The molecule has 0 bridgehead atoms. The van der Waals surface area contributed by atoms with Crippen LogP contribution in [0.1, 0.15) is 105 Å².